The molecule has 2 N–H and O–H groups in total. The maximum absolute atomic E-state index is 13.2. The fraction of sp³-hybridized carbons (Fsp3) is 0.280. The minimum absolute atomic E-state index is 0.0975. The number of benzene rings is 2. The summed E-state index contributed by atoms with van der Waals surface area (Å²) in [6.45, 7) is 4.58. The van der Waals surface area contributed by atoms with Crippen molar-refractivity contribution in [3.63, 3.8) is 0 Å². The number of carbonyl (C=O) groups is 2. The van der Waals surface area contributed by atoms with Gasteiger partial charge < -0.3 is 15.2 Å². The second-order valence-corrected chi connectivity index (χ2v) is 8.92. The second-order valence-electron chi connectivity index (χ2n) is 7.84. The third-order valence-corrected chi connectivity index (χ3v) is 6.81. The van der Waals surface area contributed by atoms with Gasteiger partial charge in [-0.3, -0.25) is 9.59 Å². The van der Waals surface area contributed by atoms with Crippen molar-refractivity contribution < 1.29 is 14.0 Å². The number of aromatic nitrogens is 1. The summed E-state index contributed by atoms with van der Waals surface area (Å²) in [5.74, 6) is 0.0785. The third kappa shape index (κ3) is 4.58. The molecule has 1 aliphatic rings. The minimum Gasteiger partial charge on any atom is -0.345 e. The van der Waals surface area contributed by atoms with Gasteiger partial charge in [0.2, 0.25) is 0 Å². The maximum atomic E-state index is 13.2. The Kier molecular flexibility index (Phi) is 6.65. The molecule has 0 fully saturated rings. The topological polar surface area (TPSA) is 63.1 Å². The van der Waals surface area contributed by atoms with Crippen LogP contribution in [0.25, 0.3) is 0 Å². The van der Waals surface area contributed by atoms with Crippen molar-refractivity contribution in [2.24, 2.45) is 0 Å². The molecule has 3 aromatic rings. The Hall–Kier alpha value is -3.06. The fourth-order valence-electron chi connectivity index (χ4n) is 3.94. The van der Waals surface area contributed by atoms with E-state index in [0.29, 0.717) is 17.8 Å². The van der Waals surface area contributed by atoms with E-state index in [1.807, 2.05) is 48.7 Å². The highest BCUT2D eigenvalue weighted by molar-refractivity contribution is 7.99. The Morgan fingerprint density at radius 1 is 1.03 bits per heavy atom. The lowest BCUT2D eigenvalue weighted by molar-refractivity contribution is 0.0922. The molecule has 0 radical (unpaired) electrons. The van der Waals surface area contributed by atoms with Gasteiger partial charge in [0.25, 0.3) is 11.8 Å². The predicted molar refractivity (Wildman–Crippen MR) is 124 cm³/mol. The van der Waals surface area contributed by atoms with Crippen molar-refractivity contribution in [3.8, 4) is 0 Å². The molecule has 4 rings (SSSR count). The van der Waals surface area contributed by atoms with Crippen molar-refractivity contribution in [1.82, 2.24) is 15.2 Å². The number of rotatable bonds is 7. The largest absolute Gasteiger partial charge is 0.345 e. The van der Waals surface area contributed by atoms with E-state index in [4.69, 9.17) is 0 Å². The van der Waals surface area contributed by atoms with Crippen LogP contribution in [0.5, 0.6) is 0 Å². The van der Waals surface area contributed by atoms with Crippen LogP contribution in [-0.4, -0.2) is 22.1 Å². The maximum Gasteiger partial charge on any atom is 0.268 e. The molecule has 166 valence electrons. The Labute approximate surface area is 191 Å². The summed E-state index contributed by atoms with van der Waals surface area (Å²) < 4.78 is 15.1. The first-order chi connectivity index (χ1) is 15.5. The number of hydrogen-bond donors (Lipinski definition) is 2. The highest BCUT2D eigenvalue weighted by Gasteiger charge is 2.29. The predicted octanol–water partition coefficient (Wildman–Crippen LogP) is 5.11. The second kappa shape index (κ2) is 9.61. The van der Waals surface area contributed by atoms with Crippen molar-refractivity contribution in [1.29, 1.82) is 0 Å². The van der Waals surface area contributed by atoms with E-state index in [2.05, 4.69) is 10.6 Å². The van der Waals surface area contributed by atoms with Gasteiger partial charge in [-0.25, -0.2) is 4.39 Å². The monoisotopic (exact) mass is 451 g/mol. The molecule has 0 spiro atoms. The number of amides is 2. The van der Waals surface area contributed by atoms with Crippen LogP contribution in [-0.2, 0) is 6.54 Å². The van der Waals surface area contributed by atoms with E-state index >= 15 is 0 Å². The Bertz CT molecular complexity index is 1110. The molecule has 0 aliphatic carbocycles. The first-order valence-electron chi connectivity index (χ1n) is 10.8. The van der Waals surface area contributed by atoms with Crippen LogP contribution in [0.15, 0.2) is 65.7 Å². The lowest BCUT2D eigenvalue weighted by Crippen LogP contribution is -2.30. The van der Waals surface area contributed by atoms with Gasteiger partial charge in [-0.15, -0.1) is 11.8 Å². The third-order valence-electron chi connectivity index (χ3n) is 5.71. The van der Waals surface area contributed by atoms with Crippen LogP contribution in [0.2, 0.25) is 0 Å². The standard InChI is InChI=1S/C25H26FN3O2S/c1-3-21(18-7-5-4-6-8-18)28-24(31)22-15-20(25-29(22)13-14-32-25)23(30)27-16(2)17-9-11-19(26)12-10-17/h4-12,15-16,21H,3,13-14H2,1-2H3,(H,27,30)(H,28,31). The summed E-state index contributed by atoms with van der Waals surface area (Å²) in [6.07, 6.45) is 0.764. The number of thioether (sulfide) groups is 1. The Morgan fingerprint density at radius 3 is 2.44 bits per heavy atom. The molecule has 2 atom stereocenters. The van der Waals surface area contributed by atoms with Crippen molar-refractivity contribution in [3.05, 3.63) is 88.9 Å². The van der Waals surface area contributed by atoms with Gasteiger partial charge in [0.1, 0.15) is 11.5 Å². The van der Waals surface area contributed by atoms with Gasteiger partial charge >= 0.3 is 0 Å². The number of hydrogen-bond acceptors (Lipinski definition) is 3. The van der Waals surface area contributed by atoms with Crippen LogP contribution < -0.4 is 10.6 Å². The molecule has 7 heteroatoms. The molecule has 0 bridgehead atoms. The number of nitrogens with one attached hydrogen (secondary N) is 2. The summed E-state index contributed by atoms with van der Waals surface area (Å²) >= 11 is 1.58. The molecule has 1 aromatic heterocycles. The SMILES string of the molecule is CCC(NC(=O)c1cc(C(=O)NC(C)c2ccc(F)cc2)c2n1CCS2)c1ccccc1. The van der Waals surface area contributed by atoms with Gasteiger partial charge in [0.05, 0.1) is 22.7 Å². The van der Waals surface area contributed by atoms with Crippen molar-refractivity contribution in [2.75, 3.05) is 5.75 Å². The van der Waals surface area contributed by atoms with Crippen molar-refractivity contribution >= 4 is 23.6 Å². The molecule has 2 aromatic carbocycles. The summed E-state index contributed by atoms with van der Waals surface area (Å²) in [5, 5.41) is 6.90. The summed E-state index contributed by atoms with van der Waals surface area (Å²) in [4.78, 5) is 26.2. The molecular weight excluding hydrogens is 425 g/mol. The molecule has 0 saturated carbocycles. The van der Waals surface area contributed by atoms with E-state index in [0.717, 1.165) is 28.3 Å². The van der Waals surface area contributed by atoms with Gasteiger partial charge in [0, 0.05) is 12.3 Å². The van der Waals surface area contributed by atoms with Crippen LogP contribution in [0, 0.1) is 5.82 Å². The smallest absolute Gasteiger partial charge is 0.268 e. The van der Waals surface area contributed by atoms with Crippen LogP contribution in [0.1, 0.15) is 64.3 Å². The molecule has 5 nitrogen and oxygen atoms in total. The quantitative estimate of drug-likeness (QED) is 0.525. The Balaban J connectivity index is 1.53. The molecule has 0 saturated heterocycles. The molecule has 2 amide bonds. The molecule has 2 heterocycles. The lowest BCUT2D eigenvalue weighted by Gasteiger charge is -2.17. The van der Waals surface area contributed by atoms with E-state index < -0.39 is 0 Å². The van der Waals surface area contributed by atoms with Crippen LogP contribution >= 0.6 is 11.8 Å². The average Bonchev–Trinajstić information content (AvgIpc) is 3.41. The number of fused-ring (bicyclic) bond motifs is 1. The van der Waals surface area contributed by atoms with Gasteiger partial charge in [0.15, 0.2) is 0 Å². The molecular formula is C25H26FN3O2S. The van der Waals surface area contributed by atoms with Crippen LogP contribution in [0.3, 0.4) is 0 Å². The Morgan fingerprint density at radius 2 is 1.75 bits per heavy atom. The van der Waals surface area contributed by atoms with E-state index in [1.165, 1.54) is 12.1 Å². The van der Waals surface area contributed by atoms with Crippen molar-refractivity contribution in [2.45, 2.75) is 43.9 Å². The zero-order chi connectivity index (χ0) is 22.7. The molecule has 1 aliphatic heterocycles. The average molecular weight is 452 g/mol. The summed E-state index contributed by atoms with van der Waals surface area (Å²) in [6, 6.07) is 17.2. The van der Waals surface area contributed by atoms with E-state index in [9.17, 15) is 14.0 Å². The molecule has 32 heavy (non-hydrogen) atoms. The zero-order valence-corrected chi connectivity index (χ0v) is 18.9. The van der Waals surface area contributed by atoms with Gasteiger partial charge in [-0.1, -0.05) is 49.4 Å². The number of halogens is 1. The summed E-state index contributed by atoms with van der Waals surface area (Å²) in [5.41, 5.74) is 2.87. The first kappa shape index (κ1) is 22.1. The van der Waals surface area contributed by atoms with Gasteiger partial charge in [-0.05, 0) is 42.7 Å². The number of nitrogens with zero attached hydrogens (tertiary/aromatic N) is 1. The summed E-state index contributed by atoms with van der Waals surface area (Å²) in [7, 11) is 0. The lowest BCUT2D eigenvalue weighted by atomic mass is 10.0. The number of carbonyl (C=O) groups excluding carboxylic acids is 2. The highest BCUT2D eigenvalue weighted by atomic mass is 32.2. The molecule has 2 unspecified atom stereocenters. The minimum atomic E-state index is -0.314. The van der Waals surface area contributed by atoms with E-state index in [1.54, 1.807) is 30.0 Å². The van der Waals surface area contributed by atoms with Crippen LogP contribution in [0.4, 0.5) is 4.39 Å². The van der Waals surface area contributed by atoms with Gasteiger partial charge in [-0.2, -0.15) is 0 Å². The fourth-order valence-corrected chi connectivity index (χ4v) is 5.06. The first-order valence-corrected chi connectivity index (χ1v) is 11.7. The highest BCUT2D eigenvalue weighted by Crippen LogP contribution is 2.33. The van der Waals surface area contributed by atoms with E-state index in [-0.39, 0.29) is 29.7 Å². The zero-order valence-electron chi connectivity index (χ0n) is 18.1. The normalized spacial score (nSPS) is 14.5.